The lowest BCUT2D eigenvalue weighted by atomic mass is 10.0. The van der Waals surface area contributed by atoms with Crippen LogP contribution in [0.2, 0.25) is 0 Å². The molecule has 0 aliphatic heterocycles. The Morgan fingerprint density at radius 3 is 2.89 bits per heavy atom. The van der Waals surface area contributed by atoms with Crippen LogP contribution in [0.1, 0.15) is 25.5 Å². The number of hydrogen-bond acceptors (Lipinski definition) is 3. The highest BCUT2D eigenvalue weighted by Gasteiger charge is 2.11. The molecular weight excluding hydrogens is 234 g/mol. The van der Waals surface area contributed by atoms with Crippen LogP contribution in [0.25, 0.3) is 6.08 Å². The minimum atomic E-state index is -0.845. The zero-order valence-electron chi connectivity index (χ0n) is 10.3. The fraction of sp³-hybridized carbons (Fsp3) is 0.385. The van der Waals surface area contributed by atoms with Crippen LogP contribution in [0.3, 0.4) is 0 Å². The van der Waals surface area contributed by atoms with Gasteiger partial charge in [0.2, 0.25) is 5.91 Å². The van der Waals surface area contributed by atoms with Crippen LogP contribution in [-0.2, 0) is 9.59 Å². The zero-order valence-corrected chi connectivity index (χ0v) is 10.3. The number of hydrogen-bond donors (Lipinski definition) is 2. The molecule has 0 fully saturated rings. The van der Waals surface area contributed by atoms with Gasteiger partial charge in [0.1, 0.15) is 5.76 Å². The molecule has 0 radical (unpaired) electrons. The van der Waals surface area contributed by atoms with E-state index >= 15 is 0 Å². The van der Waals surface area contributed by atoms with E-state index in [-0.39, 0.29) is 18.2 Å². The van der Waals surface area contributed by atoms with Crippen LogP contribution in [0.15, 0.2) is 28.9 Å². The first-order valence-corrected chi connectivity index (χ1v) is 5.83. The lowest BCUT2D eigenvalue weighted by Gasteiger charge is -2.12. The van der Waals surface area contributed by atoms with Gasteiger partial charge in [0.05, 0.1) is 6.26 Å². The molecule has 0 saturated heterocycles. The van der Waals surface area contributed by atoms with E-state index in [1.54, 1.807) is 18.2 Å². The van der Waals surface area contributed by atoms with Crippen LogP contribution in [0.4, 0.5) is 0 Å². The minimum absolute atomic E-state index is 0.0385. The molecule has 0 aliphatic carbocycles. The number of carboxylic acids is 1. The summed E-state index contributed by atoms with van der Waals surface area (Å²) in [6.07, 6.45) is 5.24. The van der Waals surface area contributed by atoms with Crippen molar-refractivity contribution in [2.24, 2.45) is 5.92 Å². The third-order valence-corrected chi connectivity index (χ3v) is 2.55. The number of rotatable bonds is 7. The van der Waals surface area contributed by atoms with Gasteiger partial charge in [-0.25, -0.2) is 0 Å². The van der Waals surface area contributed by atoms with Crippen molar-refractivity contribution in [1.29, 1.82) is 0 Å². The Morgan fingerprint density at radius 1 is 1.56 bits per heavy atom. The van der Waals surface area contributed by atoms with Gasteiger partial charge in [0.15, 0.2) is 0 Å². The number of nitrogens with one attached hydrogen (secondary N) is 1. The molecule has 2 N–H and O–H groups in total. The lowest BCUT2D eigenvalue weighted by molar-refractivity contribution is -0.138. The van der Waals surface area contributed by atoms with E-state index in [2.05, 4.69) is 5.32 Å². The highest BCUT2D eigenvalue weighted by atomic mass is 16.4. The summed E-state index contributed by atoms with van der Waals surface area (Å²) in [4.78, 5) is 22.0. The van der Waals surface area contributed by atoms with E-state index in [4.69, 9.17) is 9.52 Å². The summed E-state index contributed by atoms with van der Waals surface area (Å²) in [5, 5.41) is 11.3. The van der Waals surface area contributed by atoms with Gasteiger partial charge in [-0.1, -0.05) is 13.3 Å². The molecule has 0 saturated carbocycles. The summed E-state index contributed by atoms with van der Waals surface area (Å²) >= 11 is 0. The van der Waals surface area contributed by atoms with E-state index in [1.807, 2.05) is 6.92 Å². The second-order valence-electron chi connectivity index (χ2n) is 3.97. The van der Waals surface area contributed by atoms with Crippen molar-refractivity contribution in [1.82, 2.24) is 5.32 Å². The van der Waals surface area contributed by atoms with Gasteiger partial charge in [0.25, 0.3) is 0 Å². The average molecular weight is 251 g/mol. The van der Waals surface area contributed by atoms with Gasteiger partial charge in [-0.05, 0) is 24.1 Å². The van der Waals surface area contributed by atoms with Gasteiger partial charge in [0, 0.05) is 19.0 Å². The Balaban J connectivity index is 2.33. The standard InChI is InChI=1S/C13H17NO4/c1-2-10(8-13(16)17)9-14-12(15)6-5-11-4-3-7-18-11/h3-7,10H,2,8-9H2,1H3,(H,14,15)(H,16,17)/b6-5+. The number of carboxylic acid groups (broad SMARTS) is 1. The Kier molecular flexibility index (Phi) is 5.70. The van der Waals surface area contributed by atoms with Crippen molar-refractivity contribution in [3.8, 4) is 0 Å². The second-order valence-corrected chi connectivity index (χ2v) is 3.97. The molecular formula is C13H17NO4. The van der Waals surface area contributed by atoms with Crippen molar-refractivity contribution < 1.29 is 19.1 Å². The number of carbonyl (C=O) groups is 2. The van der Waals surface area contributed by atoms with Crippen LogP contribution in [0.5, 0.6) is 0 Å². The molecule has 0 aromatic carbocycles. The molecule has 0 aliphatic rings. The Hall–Kier alpha value is -2.04. The molecule has 1 atom stereocenters. The molecule has 0 bridgehead atoms. The van der Waals surface area contributed by atoms with Crippen LogP contribution in [-0.4, -0.2) is 23.5 Å². The molecule has 1 aromatic rings. The van der Waals surface area contributed by atoms with E-state index in [0.29, 0.717) is 18.7 Å². The third-order valence-electron chi connectivity index (χ3n) is 2.55. The van der Waals surface area contributed by atoms with E-state index in [9.17, 15) is 9.59 Å². The van der Waals surface area contributed by atoms with Crippen molar-refractivity contribution in [3.63, 3.8) is 0 Å². The first-order chi connectivity index (χ1) is 8.61. The summed E-state index contributed by atoms with van der Waals surface area (Å²) < 4.78 is 5.04. The van der Waals surface area contributed by atoms with Gasteiger partial charge < -0.3 is 14.8 Å². The maximum atomic E-state index is 11.5. The van der Waals surface area contributed by atoms with Gasteiger partial charge in [-0.3, -0.25) is 9.59 Å². The molecule has 18 heavy (non-hydrogen) atoms. The molecule has 98 valence electrons. The average Bonchev–Trinajstić information content (AvgIpc) is 2.84. The summed E-state index contributed by atoms with van der Waals surface area (Å²) in [6.45, 7) is 2.27. The zero-order chi connectivity index (χ0) is 13.4. The predicted molar refractivity (Wildman–Crippen MR) is 66.8 cm³/mol. The van der Waals surface area contributed by atoms with Gasteiger partial charge >= 0.3 is 5.97 Å². The summed E-state index contributed by atoms with van der Waals surface area (Å²) in [5.74, 6) is -0.538. The van der Waals surface area contributed by atoms with Crippen LogP contribution < -0.4 is 5.32 Å². The van der Waals surface area contributed by atoms with Crippen LogP contribution in [0, 0.1) is 5.92 Å². The van der Waals surface area contributed by atoms with Gasteiger partial charge in [-0.15, -0.1) is 0 Å². The van der Waals surface area contributed by atoms with Gasteiger partial charge in [-0.2, -0.15) is 0 Å². The fourth-order valence-corrected chi connectivity index (χ4v) is 1.46. The maximum Gasteiger partial charge on any atom is 0.303 e. The molecule has 0 spiro atoms. The highest BCUT2D eigenvalue weighted by molar-refractivity contribution is 5.91. The number of carbonyl (C=O) groups excluding carboxylic acids is 1. The maximum absolute atomic E-state index is 11.5. The van der Waals surface area contributed by atoms with Crippen LogP contribution >= 0.6 is 0 Å². The van der Waals surface area contributed by atoms with E-state index < -0.39 is 5.97 Å². The lowest BCUT2D eigenvalue weighted by Crippen LogP contribution is -2.28. The number of aliphatic carboxylic acids is 1. The SMILES string of the molecule is CCC(CNC(=O)/C=C/c1ccco1)CC(=O)O. The molecule has 5 nitrogen and oxygen atoms in total. The molecule has 1 aromatic heterocycles. The fourth-order valence-electron chi connectivity index (χ4n) is 1.46. The second kappa shape index (κ2) is 7.32. The molecule has 1 amide bonds. The largest absolute Gasteiger partial charge is 0.481 e. The van der Waals surface area contributed by atoms with Crippen molar-refractivity contribution >= 4 is 18.0 Å². The monoisotopic (exact) mass is 251 g/mol. The number of furan rings is 1. The predicted octanol–water partition coefficient (Wildman–Crippen LogP) is 1.91. The van der Waals surface area contributed by atoms with E-state index in [1.165, 1.54) is 12.3 Å². The first-order valence-electron chi connectivity index (χ1n) is 5.83. The van der Waals surface area contributed by atoms with Crippen molar-refractivity contribution in [3.05, 3.63) is 30.2 Å². The molecule has 1 rings (SSSR count). The Bertz CT molecular complexity index is 409. The Labute approximate surface area is 105 Å². The third kappa shape index (κ3) is 5.34. The minimum Gasteiger partial charge on any atom is -0.481 e. The van der Waals surface area contributed by atoms with Crippen molar-refractivity contribution in [2.45, 2.75) is 19.8 Å². The molecule has 5 heteroatoms. The van der Waals surface area contributed by atoms with E-state index in [0.717, 1.165) is 0 Å². The molecule has 1 heterocycles. The normalized spacial score (nSPS) is 12.5. The smallest absolute Gasteiger partial charge is 0.303 e. The molecule has 1 unspecified atom stereocenters. The Morgan fingerprint density at radius 2 is 2.33 bits per heavy atom. The summed E-state index contributed by atoms with van der Waals surface area (Å²) in [5.41, 5.74) is 0. The summed E-state index contributed by atoms with van der Waals surface area (Å²) in [6, 6.07) is 3.47. The topological polar surface area (TPSA) is 79.5 Å². The first kappa shape index (κ1) is 14.0. The highest BCUT2D eigenvalue weighted by Crippen LogP contribution is 2.06. The summed E-state index contributed by atoms with van der Waals surface area (Å²) in [7, 11) is 0. The number of amides is 1. The quantitative estimate of drug-likeness (QED) is 0.725. The van der Waals surface area contributed by atoms with Crippen molar-refractivity contribution in [2.75, 3.05) is 6.54 Å².